The number of nitrogen functional groups attached to an aromatic ring is 1. The Kier molecular flexibility index (Phi) is 3.01. The van der Waals surface area contributed by atoms with Gasteiger partial charge in [0.25, 0.3) is 0 Å². The van der Waals surface area contributed by atoms with Crippen LogP contribution in [0, 0.1) is 6.92 Å². The van der Waals surface area contributed by atoms with Crippen molar-refractivity contribution in [3.63, 3.8) is 0 Å². The van der Waals surface area contributed by atoms with E-state index >= 15 is 0 Å². The Bertz CT molecular complexity index is 751. The minimum Gasteiger partial charge on any atom is -0.384 e. The Morgan fingerprint density at radius 2 is 2.15 bits per heavy atom. The van der Waals surface area contributed by atoms with Crippen molar-refractivity contribution in [1.29, 1.82) is 0 Å². The van der Waals surface area contributed by atoms with E-state index in [2.05, 4.69) is 10.1 Å². The summed E-state index contributed by atoms with van der Waals surface area (Å²) in [5, 5.41) is 4.46. The van der Waals surface area contributed by atoms with E-state index < -0.39 is 9.84 Å². The molecule has 1 aliphatic rings. The van der Waals surface area contributed by atoms with Gasteiger partial charge in [0.1, 0.15) is 5.82 Å². The first kappa shape index (κ1) is 13.1. The van der Waals surface area contributed by atoms with Crippen LogP contribution in [0.1, 0.15) is 18.0 Å². The zero-order chi connectivity index (χ0) is 14.3. The van der Waals surface area contributed by atoms with Crippen LogP contribution in [-0.2, 0) is 9.84 Å². The van der Waals surface area contributed by atoms with Crippen molar-refractivity contribution < 1.29 is 8.42 Å². The molecule has 6 nitrogen and oxygen atoms in total. The van der Waals surface area contributed by atoms with Crippen molar-refractivity contribution in [2.45, 2.75) is 19.4 Å². The molecule has 2 aromatic heterocycles. The van der Waals surface area contributed by atoms with E-state index in [4.69, 9.17) is 5.73 Å². The molecule has 0 spiro atoms. The van der Waals surface area contributed by atoms with Gasteiger partial charge in [0.05, 0.1) is 23.2 Å². The molecule has 1 aliphatic heterocycles. The van der Waals surface area contributed by atoms with E-state index in [0.717, 1.165) is 16.8 Å². The Balaban J connectivity index is 1.96. The van der Waals surface area contributed by atoms with E-state index in [1.54, 1.807) is 23.1 Å². The highest BCUT2D eigenvalue weighted by molar-refractivity contribution is 7.91. The number of nitrogens with zero attached hydrogens (tertiary/aromatic N) is 3. The van der Waals surface area contributed by atoms with E-state index in [9.17, 15) is 8.42 Å². The molecule has 2 aromatic rings. The summed E-state index contributed by atoms with van der Waals surface area (Å²) in [6.07, 6.45) is 4.07. The average molecular weight is 292 g/mol. The fourth-order valence-electron chi connectivity index (χ4n) is 2.51. The van der Waals surface area contributed by atoms with Crippen LogP contribution in [0.2, 0.25) is 0 Å². The first-order valence-corrected chi connectivity index (χ1v) is 8.24. The van der Waals surface area contributed by atoms with Crippen molar-refractivity contribution in [2.75, 3.05) is 17.2 Å². The van der Waals surface area contributed by atoms with Gasteiger partial charge < -0.3 is 5.73 Å². The van der Waals surface area contributed by atoms with Gasteiger partial charge in [-0.25, -0.2) is 13.1 Å². The number of aromatic nitrogens is 3. The Hall–Kier alpha value is -1.89. The highest BCUT2D eigenvalue weighted by Crippen LogP contribution is 2.28. The highest BCUT2D eigenvalue weighted by atomic mass is 32.2. The van der Waals surface area contributed by atoms with Gasteiger partial charge in [-0.1, -0.05) is 0 Å². The topological polar surface area (TPSA) is 90.9 Å². The van der Waals surface area contributed by atoms with Gasteiger partial charge in [0.2, 0.25) is 0 Å². The summed E-state index contributed by atoms with van der Waals surface area (Å²) in [6.45, 7) is 1.96. The molecular weight excluding hydrogens is 276 g/mol. The molecule has 0 aromatic carbocycles. The first-order valence-electron chi connectivity index (χ1n) is 6.42. The maximum Gasteiger partial charge on any atom is 0.152 e. The molecule has 3 rings (SSSR count). The second-order valence-corrected chi connectivity index (χ2v) is 7.44. The lowest BCUT2D eigenvalue weighted by atomic mass is 10.2. The van der Waals surface area contributed by atoms with Crippen LogP contribution >= 0.6 is 0 Å². The summed E-state index contributed by atoms with van der Waals surface area (Å²) in [6, 6.07) is 3.58. The fourth-order valence-corrected chi connectivity index (χ4v) is 4.20. The van der Waals surface area contributed by atoms with Crippen molar-refractivity contribution >= 4 is 15.7 Å². The molecule has 1 fully saturated rings. The van der Waals surface area contributed by atoms with E-state index in [0.29, 0.717) is 12.2 Å². The standard InChI is InChI=1S/C13H16N4O2S/c1-9-4-10(7-15-6-9)12-5-13(14)17(16-12)11-2-3-20(18,19)8-11/h4-7,11H,2-3,8,14H2,1H3. The number of nitrogens with two attached hydrogens (primary N) is 1. The smallest absolute Gasteiger partial charge is 0.152 e. The molecular formula is C13H16N4O2S. The predicted octanol–water partition coefficient (Wildman–Crippen LogP) is 1.20. The molecule has 1 unspecified atom stereocenters. The van der Waals surface area contributed by atoms with Gasteiger partial charge in [-0.15, -0.1) is 0 Å². The van der Waals surface area contributed by atoms with E-state index in [-0.39, 0.29) is 17.5 Å². The van der Waals surface area contributed by atoms with Crippen molar-refractivity contribution in [2.24, 2.45) is 0 Å². The van der Waals surface area contributed by atoms with Crippen LogP contribution in [0.4, 0.5) is 5.82 Å². The zero-order valence-electron chi connectivity index (χ0n) is 11.2. The van der Waals surface area contributed by atoms with E-state index in [1.807, 2.05) is 13.0 Å². The zero-order valence-corrected chi connectivity index (χ0v) is 12.0. The summed E-state index contributed by atoms with van der Waals surface area (Å²) in [4.78, 5) is 4.13. The molecule has 2 N–H and O–H groups in total. The van der Waals surface area contributed by atoms with Gasteiger partial charge in [0.15, 0.2) is 9.84 Å². The summed E-state index contributed by atoms with van der Waals surface area (Å²) in [5.74, 6) is 0.812. The lowest BCUT2D eigenvalue weighted by Crippen LogP contribution is -2.14. The molecule has 1 atom stereocenters. The number of rotatable bonds is 2. The second kappa shape index (κ2) is 4.59. The third-order valence-electron chi connectivity index (χ3n) is 3.49. The molecule has 3 heterocycles. The number of aryl methyl sites for hydroxylation is 1. The summed E-state index contributed by atoms with van der Waals surface area (Å²) < 4.78 is 24.7. The summed E-state index contributed by atoms with van der Waals surface area (Å²) >= 11 is 0. The lowest BCUT2D eigenvalue weighted by Gasteiger charge is -2.09. The van der Waals surface area contributed by atoms with Crippen LogP contribution in [0.3, 0.4) is 0 Å². The third kappa shape index (κ3) is 2.40. The van der Waals surface area contributed by atoms with Gasteiger partial charge in [-0.3, -0.25) is 4.98 Å². The average Bonchev–Trinajstić information content (AvgIpc) is 2.92. The molecule has 0 aliphatic carbocycles. The molecule has 0 amide bonds. The molecule has 20 heavy (non-hydrogen) atoms. The quantitative estimate of drug-likeness (QED) is 0.898. The van der Waals surface area contributed by atoms with Crippen molar-refractivity contribution in [1.82, 2.24) is 14.8 Å². The fraction of sp³-hybridized carbons (Fsp3) is 0.385. The van der Waals surface area contributed by atoms with Crippen LogP contribution in [0.25, 0.3) is 11.3 Å². The predicted molar refractivity (Wildman–Crippen MR) is 76.9 cm³/mol. The maximum atomic E-state index is 11.6. The van der Waals surface area contributed by atoms with Gasteiger partial charge in [-0.05, 0) is 25.0 Å². The van der Waals surface area contributed by atoms with Crippen molar-refractivity contribution in [3.05, 3.63) is 30.1 Å². The summed E-state index contributed by atoms with van der Waals surface area (Å²) in [5.41, 5.74) is 8.62. The Morgan fingerprint density at radius 3 is 2.80 bits per heavy atom. The molecule has 0 radical (unpaired) electrons. The van der Waals surface area contributed by atoms with Crippen LogP contribution in [0.5, 0.6) is 0 Å². The minimum absolute atomic E-state index is 0.115. The number of pyridine rings is 1. The van der Waals surface area contributed by atoms with Crippen LogP contribution in [0.15, 0.2) is 24.5 Å². The second-order valence-electron chi connectivity index (χ2n) is 5.21. The van der Waals surface area contributed by atoms with Gasteiger partial charge in [0, 0.05) is 24.0 Å². The lowest BCUT2D eigenvalue weighted by molar-refractivity contribution is 0.508. The van der Waals surface area contributed by atoms with Crippen molar-refractivity contribution in [3.8, 4) is 11.3 Å². The Morgan fingerprint density at radius 1 is 1.35 bits per heavy atom. The summed E-state index contributed by atoms with van der Waals surface area (Å²) in [7, 11) is -2.95. The normalized spacial score (nSPS) is 21.1. The molecule has 106 valence electrons. The number of sulfone groups is 1. The maximum absolute atomic E-state index is 11.6. The molecule has 0 bridgehead atoms. The number of anilines is 1. The monoisotopic (exact) mass is 292 g/mol. The molecule has 7 heteroatoms. The molecule has 0 saturated carbocycles. The van der Waals surface area contributed by atoms with Gasteiger partial charge >= 0.3 is 0 Å². The first-order chi connectivity index (χ1) is 9.44. The van der Waals surface area contributed by atoms with Crippen LogP contribution < -0.4 is 5.73 Å². The Labute approximate surface area is 117 Å². The minimum atomic E-state index is -2.95. The van der Waals surface area contributed by atoms with Crippen LogP contribution in [-0.4, -0.2) is 34.7 Å². The number of hydrogen-bond donors (Lipinski definition) is 1. The third-order valence-corrected chi connectivity index (χ3v) is 5.24. The van der Waals surface area contributed by atoms with E-state index in [1.165, 1.54) is 0 Å². The van der Waals surface area contributed by atoms with Gasteiger partial charge in [-0.2, -0.15) is 5.10 Å². The largest absolute Gasteiger partial charge is 0.384 e. The number of hydrogen-bond acceptors (Lipinski definition) is 5. The highest BCUT2D eigenvalue weighted by Gasteiger charge is 2.31. The SMILES string of the molecule is Cc1cncc(-c2cc(N)n(C3CCS(=O)(=O)C3)n2)c1. The molecule has 1 saturated heterocycles.